The number of pyridine rings is 1. The lowest BCUT2D eigenvalue weighted by molar-refractivity contribution is -0.143. The van der Waals surface area contributed by atoms with Crippen molar-refractivity contribution in [1.82, 2.24) is 9.88 Å². The molecule has 1 unspecified atom stereocenters. The van der Waals surface area contributed by atoms with E-state index < -0.39 is 5.97 Å². The molecule has 7 heteroatoms. The second kappa shape index (κ2) is 8.37. The molecule has 3 heterocycles. The maximum Gasteiger partial charge on any atom is 0.410 e. The standard InChI is InChI=1S/C21H29N3O4/c25-20(26)16-3-1-15(2-4-16)13-19-14-24(21(27)28-19)18-7-11-23(12-8-18)17-5-9-22-10-6-17/h5-6,9-10,15-16,18-19H,1-4,7-8,11-14H2,(H,25,26). The fourth-order valence-electron chi connectivity index (χ4n) is 4.97. The summed E-state index contributed by atoms with van der Waals surface area (Å²) < 4.78 is 5.66. The van der Waals surface area contributed by atoms with Crippen LogP contribution >= 0.6 is 0 Å². The van der Waals surface area contributed by atoms with Crippen molar-refractivity contribution in [2.24, 2.45) is 11.8 Å². The number of piperidine rings is 1. The minimum Gasteiger partial charge on any atom is -0.481 e. The summed E-state index contributed by atoms with van der Waals surface area (Å²) in [6.07, 6.45) is 9.53. The first-order chi connectivity index (χ1) is 13.6. The van der Waals surface area contributed by atoms with Crippen molar-refractivity contribution in [3.05, 3.63) is 24.5 Å². The van der Waals surface area contributed by atoms with Gasteiger partial charge in [-0.2, -0.15) is 0 Å². The number of nitrogens with zero attached hydrogens (tertiary/aromatic N) is 3. The molecule has 1 aliphatic carbocycles. The van der Waals surface area contributed by atoms with Crippen molar-refractivity contribution in [3.8, 4) is 0 Å². The number of aliphatic carboxylic acids is 1. The van der Waals surface area contributed by atoms with E-state index in [4.69, 9.17) is 9.84 Å². The Morgan fingerprint density at radius 3 is 2.43 bits per heavy atom. The average molecular weight is 387 g/mol. The Kier molecular flexibility index (Phi) is 5.69. The van der Waals surface area contributed by atoms with E-state index in [1.54, 1.807) is 0 Å². The number of aromatic nitrogens is 1. The topological polar surface area (TPSA) is 83.0 Å². The molecule has 7 nitrogen and oxygen atoms in total. The number of carboxylic acid groups (broad SMARTS) is 1. The van der Waals surface area contributed by atoms with Crippen LogP contribution in [0, 0.1) is 11.8 Å². The van der Waals surface area contributed by atoms with E-state index in [-0.39, 0.29) is 24.2 Å². The Morgan fingerprint density at radius 1 is 1.11 bits per heavy atom. The second-order valence-electron chi connectivity index (χ2n) is 8.37. The van der Waals surface area contributed by atoms with E-state index in [2.05, 4.69) is 9.88 Å². The molecule has 0 bridgehead atoms. The maximum atomic E-state index is 12.4. The normalized spacial score (nSPS) is 29.0. The third-order valence-corrected chi connectivity index (χ3v) is 6.63. The highest BCUT2D eigenvalue weighted by Gasteiger charge is 2.39. The van der Waals surface area contributed by atoms with Gasteiger partial charge < -0.3 is 19.6 Å². The summed E-state index contributed by atoms with van der Waals surface area (Å²) >= 11 is 0. The summed E-state index contributed by atoms with van der Waals surface area (Å²) in [4.78, 5) is 31.9. The third kappa shape index (κ3) is 4.23. The van der Waals surface area contributed by atoms with E-state index >= 15 is 0 Å². The number of hydrogen-bond acceptors (Lipinski definition) is 5. The molecule has 1 atom stereocenters. The Bertz CT molecular complexity index is 682. The maximum absolute atomic E-state index is 12.4. The summed E-state index contributed by atoms with van der Waals surface area (Å²) in [7, 11) is 0. The van der Waals surface area contributed by atoms with Crippen molar-refractivity contribution in [1.29, 1.82) is 0 Å². The molecule has 1 aromatic heterocycles. The van der Waals surface area contributed by atoms with Gasteiger partial charge in [-0.25, -0.2) is 4.79 Å². The number of carboxylic acids is 1. The zero-order valence-corrected chi connectivity index (χ0v) is 16.2. The van der Waals surface area contributed by atoms with Crippen LogP contribution in [0.3, 0.4) is 0 Å². The van der Waals surface area contributed by atoms with E-state index in [0.717, 1.165) is 58.0 Å². The second-order valence-corrected chi connectivity index (χ2v) is 8.37. The molecule has 0 spiro atoms. The van der Waals surface area contributed by atoms with Gasteiger partial charge in [0, 0.05) is 37.2 Å². The van der Waals surface area contributed by atoms with Crippen LogP contribution in [0.25, 0.3) is 0 Å². The number of carbonyl (C=O) groups is 2. The lowest BCUT2D eigenvalue weighted by Gasteiger charge is -2.36. The Balaban J connectivity index is 1.25. The van der Waals surface area contributed by atoms with Gasteiger partial charge in [-0.05, 0) is 63.0 Å². The predicted molar refractivity (Wildman–Crippen MR) is 104 cm³/mol. The summed E-state index contributed by atoms with van der Waals surface area (Å²) in [6, 6.07) is 4.30. The first kappa shape index (κ1) is 19.0. The van der Waals surface area contributed by atoms with E-state index in [9.17, 15) is 9.59 Å². The number of amides is 1. The molecule has 4 rings (SSSR count). The van der Waals surface area contributed by atoms with Gasteiger partial charge in [-0.1, -0.05) is 0 Å². The van der Waals surface area contributed by atoms with Crippen molar-refractivity contribution >= 4 is 17.7 Å². The van der Waals surface area contributed by atoms with Gasteiger partial charge in [-0.3, -0.25) is 9.78 Å². The number of anilines is 1. The molecular formula is C21H29N3O4. The van der Waals surface area contributed by atoms with Crippen LogP contribution in [0.4, 0.5) is 10.5 Å². The van der Waals surface area contributed by atoms with Gasteiger partial charge in [-0.15, -0.1) is 0 Å². The lowest BCUT2D eigenvalue weighted by Crippen LogP contribution is -2.45. The first-order valence-corrected chi connectivity index (χ1v) is 10.4. The van der Waals surface area contributed by atoms with Crippen LogP contribution in [0.2, 0.25) is 0 Å². The van der Waals surface area contributed by atoms with Gasteiger partial charge in [0.2, 0.25) is 0 Å². The molecule has 1 amide bonds. The summed E-state index contributed by atoms with van der Waals surface area (Å²) in [5.41, 5.74) is 1.19. The number of ether oxygens (including phenoxy) is 1. The number of hydrogen-bond donors (Lipinski definition) is 1. The van der Waals surface area contributed by atoms with E-state index in [1.807, 2.05) is 29.4 Å². The van der Waals surface area contributed by atoms with Crippen LogP contribution in [-0.4, -0.2) is 58.8 Å². The first-order valence-electron chi connectivity index (χ1n) is 10.4. The fourth-order valence-corrected chi connectivity index (χ4v) is 4.97. The highest BCUT2D eigenvalue weighted by atomic mass is 16.6. The molecule has 3 aliphatic rings. The van der Waals surface area contributed by atoms with Crippen LogP contribution in [0.15, 0.2) is 24.5 Å². The van der Waals surface area contributed by atoms with E-state index in [0.29, 0.717) is 12.5 Å². The fraction of sp³-hybridized carbons (Fsp3) is 0.667. The highest BCUT2D eigenvalue weighted by Crippen LogP contribution is 2.34. The molecule has 28 heavy (non-hydrogen) atoms. The average Bonchev–Trinajstić information content (AvgIpc) is 3.09. The zero-order valence-electron chi connectivity index (χ0n) is 16.2. The predicted octanol–water partition coefficient (Wildman–Crippen LogP) is 3.15. The number of carbonyl (C=O) groups excluding carboxylic acids is 1. The zero-order chi connectivity index (χ0) is 19.5. The van der Waals surface area contributed by atoms with Crippen LogP contribution < -0.4 is 4.90 Å². The smallest absolute Gasteiger partial charge is 0.410 e. The molecule has 1 saturated carbocycles. The van der Waals surface area contributed by atoms with Crippen molar-refractivity contribution in [2.45, 2.75) is 57.1 Å². The van der Waals surface area contributed by atoms with Crippen LogP contribution in [0.1, 0.15) is 44.9 Å². The highest BCUT2D eigenvalue weighted by molar-refractivity contribution is 5.70. The van der Waals surface area contributed by atoms with Gasteiger partial charge >= 0.3 is 12.1 Å². The van der Waals surface area contributed by atoms with E-state index in [1.165, 1.54) is 5.69 Å². The number of rotatable bonds is 5. The van der Waals surface area contributed by atoms with Gasteiger partial charge in [0.15, 0.2) is 0 Å². The molecule has 1 aromatic rings. The molecule has 0 radical (unpaired) electrons. The summed E-state index contributed by atoms with van der Waals surface area (Å²) in [5.74, 6) is -0.388. The Morgan fingerprint density at radius 2 is 1.79 bits per heavy atom. The summed E-state index contributed by atoms with van der Waals surface area (Å²) in [6.45, 7) is 2.54. The van der Waals surface area contributed by atoms with Crippen molar-refractivity contribution in [3.63, 3.8) is 0 Å². The minimum absolute atomic E-state index is 0.0443. The van der Waals surface area contributed by atoms with Gasteiger partial charge in [0.25, 0.3) is 0 Å². The molecule has 152 valence electrons. The molecule has 1 N–H and O–H groups in total. The monoisotopic (exact) mass is 387 g/mol. The SMILES string of the molecule is O=C(O)C1CCC(CC2CN(C3CCN(c4ccncc4)CC3)C(=O)O2)CC1. The quantitative estimate of drug-likeness (QED) is 0.836. The lowest BCUT2D eigenvalue weighted by atomic mass is 9.79. The van der Waals surface area contributed by atoms with Crippen molar-refractivity contribution in [2.75, 3.05) is 24.5 Å². The Hall–Kier alpha value is -2.31. The van der Waals surface area contributed by atoms with Crippen LogP contribution in [0.5, 0.6) is 0 Å². The molecule has 2 aliphatic heterocycles. The van der Waals surface area contributed by atoms with Gasteiger partial charge in [0.1, 0.15) is 6.10 Å². The van der Waals surface area contributed by atoms with Crippen LogP contribution in [-0.2, 0) is 9.53 Å². The van der Waals surface area contributed by atoms with Crippen molar-refractivity contribution < 1.29 is 19.4 Å². The Labute approximate surface area is 165 Å². The third-order valence-electron chi connectivity index (χ3n) is 6.63. The molecule has 3 fully saturated rings. The molecular weight excluding hydrogens is 358 g/mol. The summed E-state index contributed by atoms with van der Waals surface area (Å²) in [5, 5.41) is 9.13. The molecule has 2 saturated heterocycles. The molecule has 0 aromatic carbocycles. The minimum atomic E-state index is -0.671. The van der Waals surface area contributed by atoms with Gasteiger partial charge in [0.05, 0.1) is 12.5 Å². The largest absolute Gasteiger partial charge is 0.481 e. The number of cyclic esters (lactones) is 1.